The number of aliphatic hydroxyl groups is 1. The van der Waals surface area contributed by atoms with E-state index in [2.05, 4.69) is 22.6 Å². The van der Waals surface area contributed by atoms with Gasteiger partial charge in [0.2, 0.25) is 0 Å². The quantitative estimate of drug-likeness (QED) is 0.833. The van der Waals surface area contributed by atoms with Crippen LogP contribution >= 0.6 is 0 Å². The van der Waals surface area contributed by atoms with Crippen LogP contribution < -0.4 is 5.32 Å². The maximum atomic E-state index is 14.9. The number of nitrogens with one attached hydrogen (secondary N) is 1. The van der Waals surface area contributed by atoms with Crippen LogP contribution in [-0.2, 0) is 12.5 Å². The molecule has 1 aliphatic heterocycles. The zero-order valence-electron chi connectivity index (χ0n) is 15.4. The summed E-state index contributed by atoms with van der Waals surface area (Å²) in [6, 6.07) is 3.44. The molecule has 2 aromatic rings. The van der Waals surface area contributed by atoms with Gasteiger partial charge >= 0.3 is 0 Å². The number of hydrogen-bond acceptors (Lipinski definition) is 4. The average Bonchev–Trinajstić information content (AvgIpc) is 3.01. The van der Waals surface area contributed by atoms with Gasteiger partial charge in [-0.2, -0.15) is 0 Å². The van der Waals surface area contributed by atoms with Gasteiger partial charge in [-0.15, -0.1) is 5.10 Å². The summed E-state index contributed by atoms with van der Waals surface area (Å²) in [4.78, 5) is 0. The first-order valence-corrected chi connectivity index (χ1v) is 8.82. The van der Waals surface area contributed by atoms with E-state index in [0.717, 1.165) is 30.5 Å². The molecule has 1 fully saturated rings. The third-order valence-electron chi connectivity index (χ3n) is 6.56. The molecule has 2 N–H and O–H groups in total. The highest BCUT2D eigenvalue weighted by Gasteiger charge is 2.62. The lowest BCUT2D eigenvalue weighted by Gasteiger charge is -2.55. The van der Waals surface area contributed by atoms with Crippen molar-refractivity contribution in [1.29, 1.82) is 0 Å². The van der Waals surface area contributed by atoms with E-state index >= 15 is 0 Å². The second-order valence-corrected chi connectivity index (χ2v) is 8.32. The molecule has 5 nitrogen and oxygen atoms in total. The summed E-state index contributed by atoms with van der Waals surface area (Å²) in [5.74, 6) is -0.303. The van der Waals surface area contributed by atoms with E-state index in [9.17, 15) is 9.50 Å². The summed E-state index contributed by atoms with van der Waals surface area (Å²) in [6.45, 7) is 7.94. The highest BCUT2D eigenvalue weighted by atomic mass is 19.1. The molecule has 0 saturated heterocycles. The number of aryl methyl sites for hydroxylation is 2. The fourth-order valence-corrected chi connectivity index (χ4v) is 5.12. The maximum Gasteiger partial charge on any atom is 0.134 e. The molecule has 1 aliphatic carbocycles. The van der Waals surface area contributed by atoms with Crippen LogP contribution in [0.5, 0.6) is 0 Å². The Morgan fingerprint density at radius 3 is 2.60 bits per heavy atom. The van der Waals surface area contributed by atoms with Crippen LogP contribution in [-0.4, -0.2) is 31.2 Å². The van der Waals surface area contributed by atoms with Crippen molar-refractivity contribution >= 4 is 5.69 Å². The number of hydrogen-bond donors (Lipinski definition) is 2. The standard InChI is InChI=1S/C19H25FN4O/c1-11-16(24(5)23-22-11)12-9-13-15(10-14(12)20)21-17(2,3)19(25)8-6-7-18(13,19)4/h9-10,21,25H,6-8H2,1-5H3. The Morgan fingerprint density at radius 2 is 1.96 bits per heavy atom. The zero-order chi connectivity index (χ0) is 18.2. The van der Waals surface area contributed by atoms with Gasteiger partial charge in [-0.1, -0.05) is 12.1 Å². The highest BCUT2D eigenvalue weighted by Crippen LogP contribution is 2.59. The number of aromatic nitrogens is 3. The molecule has 6 heteroatoms. The van der Waals surface area contributed by atoms with Crippen LogP contribution in [0.4, 0.5) is 10.1 Å². The number of fused-ring (bicyclic) bond motifs is 3. The molecule has 1 aromatic carbocycles. The number of nitrogens with zero attached hydrogens (tertiary/aromatic N) is 3. The monoisotopic (exact) mass is 344 g/mol. The van der Waals surface area contributed by atoms with Crippen LogP contribution in [0.2, 0.25) is 0 Å². The van der Waals surface area contributed by atoms with Crippen molar-refractivity contribution in [3.8, 4) is 11.3 Å². The molecule has 1 saturated carbocycles. The van der Waals surface area contributed by atoms with Gasteiger partial charge in [-0.25, -0.2) is 9.07 Å². The molecule has 134 valence electrons. The van der Waals surface area contributed by atoms with Gasteiger partial charge in [0.15, 0.2) is 0 Å². The zero-order valence-corrected chi connectivity index (χ0v) is 15.4. The molecule has 0 bridgehead atoms. The van der Waals surface area contributed by atoms with Crippen molar-refractivity contribution < 1.29 is 9.50 Å². The van der Waals surface area contributed by atoms with E-state index in [1.807, 2.05) is 26.8 Å². The van der Waals surface area contributed by atoms with Crippen molar-refractivity contribution in [3.05, 3.63) is 29.2 Å². The Labute approximate surface area is 147 Å². The minimum atomic E-state index is -0.873. The molecule has 0 amide bonds. The van der Waals surface area contributed by atoms with Crippen LogP contribution in [0.15, 0.2) is 12.1 Å². The lowest BCUT2D eigenvalue weighted by molar-refractivity contribution is -0.0628. The van der Waals surface area contributed by atoms with Gasteiger partial charge in [0, 0.05) is 23.7 Å². The van der Waals surface area contributed by atoms with Crippen LogP contribution in [0.1, 0.15) is 51.3 Å². The summed E-state index contributed by atoms with van der Waals surface area (Å²) >= 11 is 0. The second kappa shape index (κ2) is 4.81. The summed E-state index contributed by atoms with van der Waals surface area (Å²) in [5, 5.41) is 23.0. The Hall–Kier alpha value is -1.95. The van der Waals surface area contributed by atoms with Gasteiger partial charge in [0.05, 0.1) is 22.5 Å². The lowest BCUT2D eigenvalue weighted by atomic mass is 9.60. The number of benzene rings is 1. The van der Waals surface area contributed by atoms with E-state index in [1.165, 1.54) is 0 Å². The van der Waals surface area contributed by atoms with Crippen molar-refractivity contribution in [1.82, 2.24) is 15.0 Å². The molecule has 25 heavy (non-hydrogen) atoms. The minimum Gasteiger partial charge on any atom is -0.387 e. The molecule has 0 spiro atoms. The molecule has 1 aromatic heterocycles. The summed E-state index contributed by atoms with van der Waals surface area (Å²) < 4.78 is 16.5. The van der Waals surface area contributed by atoms with Crippen LogP contribution in [0.3, 0.4) is 0 Å². The summed E-state index contributed by atoms with van der Waals surface area (Å²) in [6.07, 6.45) is 2.58. The highest BCUT2D eigenvalue weighted by molar-refractivity contribution is 5.72. The predicted molar refractivity (Wildman–Crippen MR) is 95.0 cm³/mol. The topological polar surface area (TPSA) is 63.0 Å². The molecule has 2 heterocycles. The largest absolute Gasteiger partial charge is 0.387 e. The number of halogens is 1. The predicted octanol–water partition coefficient (Wildman–Crippen LogP) is 3.31. The van der Waals surface area contributed by atoms with Crippen molar-refractivity contribution in [3.63, 3.8) is 0 Å². The number of anilines is 1. The first-order valence-electron chi connectivity index (χ1n) is 8.82. The second-order valence-electron chi connectivity index (χ2n) is 8.32. The Bertz CT molecular complexity index is 855. The first kappa shape index (κ1) is 16.5. The van der Waals surface area contributed by atoms with Crippen molar-refractivity contribution in [2.45, 2.75) is 63.5 Å². The first-order chi connectivity index (χ1) is 11.6. The van der Waals surface area contributed by atoms with E-state index in [0.29, 0.717) is 17.0 Å². The molecular formula is C19H25FN4O. The SMILES string of the molecule is Cc1nnn(C)c1-c1cc2c(cc1F)NC(C)(C)C1(O)CCCC21C. The number of rotatable bonds is 1. The van der Waals surface area contributed by atoms with Gasteiger partial charge in [0.25, 0.3) is 0 Å². The van der Waals surface area contributed by atoms with Crippen LogP contribution in [0.25, 0.3) is 11.3 Å². The van der Waals surface area contributed by atoms with E-state index < -0.39 is 16.6 Å². The Balaban J connectivity index is 1.99. The minimum absolute atomic E-state index is 0.303. The summed E-state index contributed by atoms with van der Waals surface area (Å²) in [7, 11) is 1.77. The molecule has 0 radical (unpaired) electrons. The summed E-state index contributed by atoms with van der Waals surface area (Å²) in [5.41, 5.74) is 1.79. The van der Waals surface area contributed by atoms with Crippen LogP contribution in [0, 0.1) is 12.7 Å². The molecule has 4 rings (SSSR count). The van der Waals surface area contributed by atoms with E-state index in [1.54, 1.807) is 17.8 Å². The van der Waals surface area contributed by atoms with E-state index in [4.69, 9.17) is 0 Å². The maximum absolute atomic E-state index is 14.9. The van der Waals surface area contributed by atoms with Gasteiger partial charge in [-0.05, 0) is 57.7 Å². The molecule has 2 aliphatic rings. The van der Waals surface area contributed by atoms with Crippen molar-refractivity contribution in [2.75, 3.05) is 5.32 Å². The fraction of sp³-hybridized carbons (Fsp3) is 0.579. The lowest BCUT2D eigenvalue weighted by Crippen LogP contribution is -2.65. The smallest absolute Gasteiger partial charge is 0.134 e. The molecule has 2 atom stereocenters. The van der Waals surface area contributed by atoms with Gasteiger partial charge in [0.1, 0.15) is 5.82 Å². The Kier molecular flexibility index (Phi) is 3.18. The molecule has 2 unspecified atom stereocenters. The fourth-order valence-electron chi connectivity index (χ4n) is 5.12. The normalized spacial score (nSPS) is 29.9. The molecular weight excluding hydrogens is 319 g/mol. The average molecular weight is 344 g/mol. The third-order valence-corrected chi connectivity index (χ3v) is 6.56. The van der Waals surface area contributed by atoms with Gasteiger partial charge in [-0.3, -0.25) is 0 Å². The van der Waals surface area contributed by atoms with Crippen molar-refractivity contribution in [2.24, 2.45) is 7.05 Å². The Morgan fingerprint density at radius 1 is 1.24 bits per heavy atom. The van der Waals surface area contributed by atoms with E-state index in [-0.39, 0.29) is 5.82 Å². The van der Waals surface area contributed by atoms with Gasteiger partial charge < -0.3 is 10.4 Å². The third kappa shape index (κ3) is 1.91.